The van der Waals surface area contributed by atoms with Crippen LogP contribution in [0.2, 0.25) is 0 Å². The molecule has 13 heteroatoms. The van der Waals surface area contributed by atoms with Crippen molar-refractivity contribution in [1.29, 1.82) is 0 Å². The normalized spacial score (nSPS) is 21.8. The lowest BCUT2D eigenvalue weighted by Gasteiger charge is -2.45. The molecule has 5 rings (SSSR count). The van der Waals surface area contributed by atoms with E-state index in [1.54, 1.807) is 18.3 Å². The maximum Gasteiger partial charge on any atom is 0.433 e. The number of alkyl halides is 3. The van der Waals surface area contributed by atoms with Crippen molar-refractivity contribution in [3.8, 4) is 10.4 Å². The molecule has 236 valence electrons. The predicted octanol–water partition coefficient (Wildman–Crippen LogP) is 5.81. The van der Waals surface area contributed by atoms with Gasteiger partial charge in [0.1, 0.15) is 16.3 Å². The molecule has 44 heavy (non-hydrogen) atoms. The van der Waals surface area contributed by atoms with E-state index in [4.69, 9.17) is 0 Å². The SMILES string of the molecule is Cc1cc(Nc2nccc(C(F)(F)F)n2)cc(-c2cnc([C@@]3(O)CCC(C(=O)NCCCN4CCCC4=O)C(C)(C)C3)s2)c1. The molecule has 2 amide bonds. The summed E-state index contributed by atoms with van der Waals surface area (Å²) >= 11 is 1.36. The van der Waals surface area contributed by atoms with Gasteiger partial charge in [-0.05, 0) is 73.8 Å². The van der Waals surface area contributed by atoms with Crippen LogP contribution in [0.15, 0.2) is 36.7 Å². The van der Waals surface area contributed by atoms with Gasteiger partial charge in [-0.2, -0.15) is 13.2 Å². The summed E-state index contributed by atoms with van der Waals surface area (Å²) in [6.07, 6.45) is 1.63. The lowest BCUT2D eigenvalue weighted by Crippen LogP contribution is -2.48. The number of amides is 2. The van der Waals surface area contributed by atoms with E-state index in [0.717, 1.165) is 41.2 Å². The molecule has 3 heterocycles. The zero-order chi connectivity index (χ0) is 31.7. The second-order valence-electron chi connectivity index (χ2n) is 12.4. The third-order valence-electron chi connectivity index (χ3n) is 8.40. The molecule has 2 aromatic heterocycles. The molecule has 1 aromatic carbocycles. The second kappa shape index (κ2) is 12.4. The van der Waals surface area contributed by atoms with Gasteiger partial charge in [-0.3, -0.25) is 9.59 Å². The summed E-state index contributed by atoms with van der Waals surface area (Å²) in [5.74, 6) is -0.285. The average molecular weight is 631 g/mol. The summed E-state index contributed by atoms with van der Waals surface area (Å²) < 4.78 is 39.3. The van der Waals surface area contributed by atoms with Crippen molar-refractivity contribution >= 4 is 34.8 Å². The Kier molecular flexibility index (Phi) is 8.99. The van der Waals surface area contributed by atoms with Crippen molar-refractivity contribution < 1.29 is 27.9 Å². The summed E-state index contributed by atoms with van der Waals surface area (Å²) in [6.45, 7) is 7.80. The van der Waals surface area contributed by atoms with Gasteiger partial charge >= 0.3 is 6.18 Å². The molecule has 0 radical (unpaired) electrons. The Morgan fingerprint density at radius 2 is 2.02 bits per heavy atom. The van der Waals surface area contributed by atoms with Crippen molar-refractivity contribution in [3.05, 3.63) is 52.9 Å². The molecule has 1 saturated heterocycles. The Morgan fingerprint density at radius 1 is 1.23 bits per heavy atom. The van der Waals surface area contributed by atoms with Crippen molar-refractivity contribution in [2.24, 2.45) is 11.3 Å². The molecule has 3 aromatic rings. The number of carbonyl (C=O) groups is 2. The van der Waals surface area contributed by atoms with Crippen molar-refractivity contribution in [2.45, 2.75) is 71.1 Å². The lowest BCUT2D eigenvalue weighted by atomic mass is 9.63. The number of hydrogen-bond donors (Lipinski definition) is 3. The molecule has 2 fully saturated rings. The van der Waals surface area contributed by atoms with E-state index in [9.17, 15) is 27.9 Å². The largest absolute Gasteiger partial charge is 0.433 e. The summed E-state index contributed by atoms with van der Waals surface area (Å²) in [5.41, 5.74) is -0.545. The van der Waals surface area contributed by atoms with E-state index in [1.165, 1.54) is 11.3 Å². The topological polar surface area (TPSA) is 120 Å². The predicted molar refractivity (Wildman–Crippen MR) is 161 cm³/mol. The standard InChI is InChI=1S/C31H37F3N6O3S/c1-19-14-20(16-21(15-19)38-28-36-11-8-24(39-28)31(32,33)34)23-17-37-27(44-23)30(43)9-7-22(29(2,3)18-30)26(42)35-10-5-13-40-12-4-6-25(40)41/h8,11,14-17,22,43H,4-7,9-10,12-13,18H2,1-3H3,(H,35,42)(H,36,38,39)/t22?,30-/m1/s1. The molecule has 0 bridgehead atoms. The van der Waals surface area contributed by atoms with E-state index in [0.29, 0.717) is 55.9 Å². The summed E-state index contributed by atoms with van der Waals surface area (Å²) in [6, 6.07) is 6.31. The van der Waals surface area contributed by atoms with Crippen LogP contribution in [-0.2, 0) is 21.4 Å². The highest BCUT2D eigenvalue weighted by atomic mass is 32.1. The Balaban J connectivity index is 1.23. The first-order valence-corrected chi connectivity index (χ1v) is 15.6. The fourth-order valence-corrected chi connectivity index (χ4v) is 7.30. The Bertz CT molecular complexity index is 1530. The van der Waals surface area contributed by atoms with Crippen LogP contribution in [0.3, 0.4) is 0 Å². The van der Waals surface area contributed by atoms with Gasteiger partial charge in [0, 0.05) is 50.1 Å². The molecule has 1 saturated carbocycles. The smallest absolute Gasteiger partial charge is 0.383 e. The van der Waals surface area contributed by atoms with E-state index >= 15 is 0 Å². The number of likely N-dealkylation sites (tertiary alicyclic amines) is 1. The molecule has 9 nitrogen and oxygen atoms in total. The first-order chi connectivity index (χ1) is 20.7. The van der Waals surface area contributed by atoms with E-state index in [1.807, 2.05) is 31.7 Å². The number of halogens is 3. The number of hydrogen-bond acceptors (Lipinski definition) is 8. The van der Waals surface area contributed by atoms with Gasteiger partial charge in [0.2, 0.25) is 17.8 Å². The van der Waals surface area contributed by atoms with Crippen LogP contribution in [0, 0.1) is 18.3 Å². The van der Waals surface area contributed by atoms with Crippen LogP contribution >= 0.6 is 11.3 Å². The first kappa shape index (κ1) is 31.8. The highest BCUT2D eigenvalue weighted by Gasteiger charge is 2.49. The Labute approximate surface area is 258 Å². The Morgan fingerprint density at radius 3 is 2.73 bits per heavy atom. The number of nitrogens with zero attached hydrogens (tertiary/aromatic N) is 4. The van der Waals surface area contributed by atoms with Gasteiger partial charge in [0.15, 0.2) is 0 Å². The van der Waals surface area contributed by atoms with E-state index in [2.05, 4.69) is 25.6 Å². The number of anilines is 2. The van der Waals surface area contributed by atoms with Crippen molar-refractivity contribution in [3.63, 3.8) is 0 Å². The number of nitrogens with one attached hydrogen (secondary N) is 2. The monoisotopic (exact) mass is 630 g/mol. The molecule has 3 N–H and O–H groups in total. The van der Waals surface area contributed by atoms with Crippen molar-refractivity contribution in [1.82, 2.24) is 25.2 Å². The maximum atomic E-state index is 13.1. The quantitative estimate of drug-likeness (QED) is 0.255. The summed E-state index contributed by atoms with van der Waals surface area (Å²) in [7, 11) is 0. The summed E-state index contributed by atoms with van der Waals surface area (Å²) in [4.78, 5) is 39.6. The average Bonchev–Trinajstić information content (AvgIpc) is 3.60. The number of rotatable bonds is 9. The molecule has 0 spiro atoms. The van der Waals surface area contributed by atoms with Crippen LogP contribution < -0.4 is 10.6 Å². The zero-order valence-corrected chi connectivity index (χ0v) is 25.8. The van der Waals surface area contributed by atoms with Gasteiger partial charge in [0.05, 0.1) is 4.88 Å². The third-order valence-corrected chi connectivity index (χ3v) is 9.64. The van der Waals surface area contributed by atoms with E-state index < -0.39 is 22.9 Å². The van der Waals surface area contributed by atoms with Gasteiger partial charge in [0.25, 0.3) is 0 Å². The third kappa shape index (κ3) is 7.20. The minimum absolute atomic E-state index is 0.0332. The van der Waals surface area contributed by atoms with Gasteiger partial charge in [-0.1, -0.05) is 19.9 Å². The van der Waals surface area contributed by atoms with E-state index in [-0.39, 0.29) is 23.7 Å². The Hall–Kier alpha value is -3.58. The fourth-order valence-electron chi connectivity index (χ4n) is 6.28. The minimum atomic E-state index is -4.58. The van der Waals surface area contributed by atoms with Crippen LogP contribution in [0.5, 0.6) is 0 Å². The van der Waals surface area contributed by atoms with Crippen LogP contribution in [0.1, 0.15) is 68.6 Å². The highest BCUT2D eigenvalue weighted by Crippen LogP contribution is 2.51. The van der Waals surface area contributed by atoms with Crippen LogP contribution in [-0.4, -0.2) is 56.4 Å². The fraction of sp³-hybridized carbons (Fsp3) is 0.516. The van der Waals surface area contributed by atoms with Gasteiger partial charge in [-0.25, -0.2) is 15.0 Å². The molecule has 2 atom stereocenters. The van der Waals surface area contributed by atoms with Crippen LogP contribution in [0.25, 0.3) is 10.4 Å². The number of thiazole rings is 1. The number of aliphatic hydroxyl groups is 1. The lowest BCUT2D eigenvalue weighted by molar-refractivity contribution is -0.141. The maximum absolute atomic E-state index is 13.1. The first-order valence-electron chi connectivity index (χ1n) is 14.8. The molecular formula is C31H37F3N6O3S. The number of carbonyl (C=O) groups excluding carboxylic acids is 2. The van der Waals surface area contributed by atoms with Crippen LogP contribution in [0.4, 0.5) is 24.8 Å². The number of aromatic nitrogens is 3. The molecule has 1 aliphatic carbocycles. The molecular weight excluding hydrogens is 593 g/mol. The minimum Gasteiger partial charge on any atom is -0.383 e. The number of aryl methyl sites for hydroxylation is 1. The second-order valence-corrected chi connectivity index (χ2v) is 13.5. The summed E-state index contributed by atoms with van der Waals surface area (Å²) in [5, 5.41) is 18.2. The van der Waals surface area contributed by atoms with Gasteiger partial charge in [-0.15, -0.1) is 11.3 Å². The highest BCUT2D eigenvalue weighted by molar-refractivity contribution is 7.15. The molecule has 2 aliphatic rings. The van der Waals surface area contributed by atoms with Gasteiger partial charge < -0.3 is 20.6 Å². The number of benzene rings is 1. The molecule has 1 aliphatic heterocycles. The van der Waals surface area contributed by atoms with Crippen molar-refractivity contribution in [2.75, 3.05) is 25.0 Å². The zero-order valence-electron chi connectivity index (χ0n) is 25.0. The molecule has 1 unspecified atom stereocenters.